The summed E-state index contributed by atoms with van der Waals surface area (Å²) in [5, 5.41) is 9.91. The minimum atomic E-state index is -0.488. The lowest BCUT2D eigenvalue weighted by Gasteiger charge is -2.19. The summed E-state index contributed by atoms with van der Waals surface area (Å²) >= 11 is 0. The molecule has 0 saturated heterocycles. The van der Waals surface area contributed by atoms with Crippen molar-refractivity contribution < 1.29 is 19.4 Å². The molecule has 0 bridgehead atoms. The number of carbonyl (C=O) groups is 1. The summed E-state index contributed by atoms with van der Waals surface area (Å²) in [6.07, 6.45) is 0.726. The molecule has 0 saturated carbocycles. The first-order chi connectivity index (χ1) is 10.2. The normalized spacial score (nSPS) is 11.9. The maximum absolute atomic E-state index is 10.8. The molecule has 0 heterocycles. The number of para-hydroxylation sites is 1. The maximum atomic E-state index is 10.8. The predicted molar refractivity (Wildman–Crippen MR) is 79.4 cm³/mol. The minimum Gasteiger partial charge on any atom is -0.504 e. The SMILES string of the molecule is CCC(OCc1ccccc1)Oc1cccc(C=O)c1O. The molecule has 0 fully saturated rings. The Balaban J connectivity index is 2.01. The van der Waals surface area contributed by atoms with Crippen LogP contribution in [0.4, 0.5) is 0 Å². The van der Waals surface area contributed by atoms with E-state index in [0.29, 0.717) is 19.3 Å². The van der Waals surface area contributed by atoms with Crippen molar-refractivity contribution in [2.75, 3.05) is 0 Å². The number of ether oxygens (including phenoxy) is 2. The van der Waals surface area contributed by atoms with Crippen molar-refractivity contribution >= 4 is 6.29 Å². The number of phenols is 1. The van der Waals surface area contributed by atoms with Crippen molar-refractivity contribution in [3.63, 3.8) is 0 Å². The number of carbonyl (C=O) groups excluding carboxylic acids is 1. The Morgan fingerprint density at radius 1 is 1.14 bits per heavy atom. The van der Waals surface area contributed by atoms with E-state index in [-0.39, 0.29) is 17.1 Å². The molecule has 0 amide bonds. The van der Waals surface area contributed by atoms with Gasteiger partial charge in [-0.1, -0.05) is 43.3 Å². The van der Waals surface area contributed by atoms with E-state index < -0.39 is 6.29 Å². The molecule has 0 aromatic heterocycles. The monoisotopic (exact) mass is 286 g/mol. The lowest BCUT2D eigenvalue weighted by atomic mass is 10.2. The van der Waals surface area contributed by atoms with E-state index in [1.54, 1.807) is 12.1 Å². The second-order valence-electron chi connectivity index (χ2n) is 4.56. The van der Waals surface area contributed by atoms with E-state index in [1.807, 2.05) is 37.3 Å². The minimum absolute atomic E-state index is 0.158. The van der Waals surface area contributed by atoms with Gasteiger partial charge in [0, 0.05) is 6.42 Å². The maximum Gasteiger partial charge on any atom is 0.200 e. The third-order valence-electron chi connectivity index (χ3n) is 3.03. The standard InChI is InChI=1S/C17H18O4/c1-2-16(20-12-13-7-4-3-5-8-13)21-15-10-6-9-14(11-18)17(15)19/h3-11,16,19H,2,12H2,1H3. The molecule has 0 aliphatic rings. The molecule has 4 heteroatoms. The van der Waals surface area contributed by atoms with Gasteiger partial charge < -0.3 is 14.6 Å². The van der Waals surface area contributed by atoms with Gasteiger partial charge in [0.25, 0.3) is 0 Å². The molecule has 0 radical (unpaired) electrons. The van der Waals surface area contributed by atoms with E-state index in [2.05, 4.69) is 0 Å². The van der Waals surface area contributed by atoms with Crippen LogP contribution in [0.5, 0.6) is 11.5 Å². The van der Waals surface area contributed by atoms with Gasteiger partial charge in [0.05, 0.1) is 12.2 Å². The largest absolute Gasteiger partial charge is 0.504 e. The molecule has 0 aliphatic carbocycles. The van der Waals surface area contributed by atoms with Crippen molar-refractivity contribution in [2.24, 2.45) is 0 Å². The molecule has 4 nitrogen and oxygen atoms in total. The van der Waals surface area contributed by atoms with Crippen molar-refractivity contribution in [1.82, 2.24) is 0 Å². The first-order valence-electron chi connectivity index (χ1n) is 6.84. The Hall–Kier alpha value is -2.33. The van der Waals surface area contributed by atoms with Gasteiger partial charge in [0.1, 0.15) is 0 Å². The number of hydrogen-bond donors (Lipinski definition) is 1. The van der Waals surface area contributed by atoms with E-state index in [1.165, 1.54) is 6.07 Å². The summed E-state index contributed by atoms with van der Waals surface area (Å²) < 4.78 is 11.3. The lowest BCUT2D eigenvalue weighted by molar-refractivity contribution is -0.0914. The summed E-state index contributed by atoms with van der Waals surface area (Å²) in [7, 11) is 0. The molecule has 2 aromatic rings. The Morgan fingerprint density at radius 2 is 1.90 bits per heavy atom. The zero-order chi connectivity index (χ0) is 15.1. The number of phenolic OH excluding ortho intramolecular Hbond substituents is 1. The van der Waals surface area contributed by atoms with Gasteiger partial charge in [-0.25, -0.2) is 0 Å². The van der Waals surface area contributed by atoms with Crippen molar-refractivity contribution in [2.45, 2.75) is 26.2 Å². The van der Waals surface area contributed by atoms with Crippen molar-refractivity contribution in [3.05, 3.63) is 59.7 Å². The first-order valence-corrected chi connectivity index (χ1v) is 6.84. The summed E-state index contributed by atoms with van der Waals surface area (Å²) in [6.45, 7) is 2.35. The van der Waals surface area contributed by atoms with Crippen LogP contribution in [0.15, 0.2) is 48.5 Å². The second-order valence-corrected chi connectivity index (χ2v) is 4.56. The van der Waals surface area contributed by atoms with Gasteiger partial charge in [0.15, 0.2) is 24.1 Å². The lowest BCUT2D eigenvalue weighted by Crippen LogP contribution is -2.19. The molecule has 2 rings (SSSR count). The predicted octanol–water partition coefficient (Wildman–Crippen LogP) is 3.54. The highest BCUT2D eigenvalue weighted by molar-refractivity contribution is 5.80. The Kier molecular flexibility index (Phi) is 5.35. The summed E-state index contributed by atoms with van der Waals surface area (Å²) in [5.41, 5.74) is 1.25. The third-order valence-corrected chi connectivity index (χ3v) is 3.03. The van der Waals surface area contributed by atoms with E-state index >= 15 is 0 Å². The summed E-state index contributed by atoms with van der Waals surface area (Å²) in [5.74, 6) is 0.0915. The Labute approximate surface area is 123 Å². The van der Waals surface area contributed by atoms with Gasteiger partial charge in [0.2, 0.25) is 0 Å². The van der Waals surface area contributed by atoms with E-state index in [9.17, 15) is 9.90 Å². The second kappa shape index (κ2) is 7.45. The molecule has 110 valence electrons. The topological polar surface area (TPSA) is 55.8 Å². The van der Waals surface area contributed by atoms with Crippen LogP contribution in [0, 0.1) is 0 Å². The van der Waals surface area contributed by atoms with Crippen LogP contribution in [0.25, 0.3) is 0 Å². The molecule has 1 N–H and O–H groups in total. The average molecular weight is 286 g/mol. The molecular weight excluding hydrogens is 268 g/mol. The van der Waals surface area contributed by atoms with Crippen LogP contribution in [-0.2, 0) is 11.3 Å². The number of aldehydes is 1. The summed E-state index contributed by atoms with van der Waals surface area (Å²) in [4.78, 5) is 10.8. The highest BCUT2D eigenvalue weighted by Gasteiger charge is 2.13. The zero-order valence-corrected chi connectivity index (χ0v) is 11.9. The van der Waals surface area contributed by atoms with Gasteiger partial charge in [-0.2, -0.15) is 0 Å². The van der Waals surface area contributed by atoms with Crippen LogP contribution in [0.1, 0.15) is 29.3 Å². The average Bonchev–Trinajstić information content (AvgIpc) is 2.54. The molecule has 0 aliphatic heterocycles. The van der Waals surface area contributed by atoms with Crippen LogP contribution in [-0.4, -0.2) is 17.7 Å². The Morgan fingerprint density at radius 3 is 2.57 bits per heavy atom. The quantitative estimate of drug-likeness (QED) is 0.625. The van der Waals surface area contributed by atoms with Gasteiger partial charge >= 0.3 is 0 Å². The smallest absolute Gasteiger partial charge is 0.200 e. The Bertz CT molecular complexity index is 581. The van der Waals surface area contributed by atoms with Gasteiger partial charge in [-0.05, 0) is 17.7 Å². The zero-order valence-electron chi connectivity index (χ0n) is 11.9. The number of aromatic hydroxyl groups is 1. The number of hydrogen-bond acceptors (Lipinski definition) is 4. The van der Waals surface area contributed by atoms with E-state index in [4.69, 9.17) is 9.47 Å². The highest BCUT2D eigenvalue weighted by Crippen LogP contribution is 2.30. The molecule has 1 unspecified atom stereocenters. The van der Waals surface area contributed by atoms with Crippen molar-refractivity contribution in [3.8, 4) is 11.5 Å². The molecule has 2 aromatic carbocycles. The van der Waals surface area contributed by atoms with Crippen LogP contribution in [0.3, 0.4) is 0 Å². The molecular formula is C17H18O4. The van der Waals surface area contributed by atoms with Crippen LogP contribution < -0.4 is 4.74 Å². The van der Waals surface area contributed by atoms with Crippen molar-refractivity contribution in [1.29, 1.82) is 0 Å². The molecule has 0 spiro atoms. The number of rotatable bonds is 7. The number of benzene rings is 2. The summed E-state index contributed by atoms with van der Waals surface area (Å²) in [6, 6.07) is 14.6. The fourth-order valence-electron chi connectivity index (χ4n) is 1.87. The van der Waals surface area contributed by atoms with Gasteiger partial charge in [-0.15, -0.1) is 0 Å². The first kappa shape index (κ1) is 15.1. The van der Waals surface area contributed by atoms with Crippen LogP contribution >= 0.6 is 0 Å². The highest BCUT2D eigenvalue weighted by atomic mass is 16.7. The molecule has 1 atom stereocenters. The fourth-order valence-corrected chi connectivity index (χ4v) is 1.87. The van der Waals surface area contributed by atoms with Crippen LogP contribution in [0.2, 0.25) is 0 Å². The van der Waals surface area contributed by atoms with E-state index in [0.717, 1.165) is 5.56 Å². The third kappa shape index (κ3) is 4.07. The van der Waals surface area contributed by atoms with Gasteiger partial charge in [-0.3, -0.25) is 4.79 Å². The molecule has 21 heavy (non-hydrogen) atoms. The fraction of sp³-hybridized carbons (Fsp3) is 0.235.